The number of rotatable bonds is 4. The highest BCUT2D eigenvalue weighted by Crippen LogP contribution is 2.42. The number of halogens is 2. The summed E-state index contributed by atoms with van der Waals surface area (Å²) in [6.07, 6.45) is 2.06. The molecule has 5 heteroatoms. The lowest BCUT2D eigenvalue weighted by atomic mass is 10.1. The van der Waals surface area contributed by atoms with E-state index in [1.807, 2.05) is 24.3 Å². The summed E-state index contributed by atoms with van der Waals surface area (Å²) < 4.78 is 13.4. The second-order valence-corrected chi connectivity index (χ2v) is 8.20. The molecular weight excluding hydrogens is 397 g/mol. The third-order valence-electron chi connectivity index (χ3n) is 4.20. The molecule has 0 aliphatic rings. The molecule has 0 saturated carbocycles. The summed E-state index contributed by atoms with van der Waals surface area (Å²) >= 11 is 9.69. The van der Waals surface area contributed by atoms with E-state index in [1.54, 1.807) is 35.2 Å². The Bertz CT molecular complexity index is 1070. The van der Waals surface area contributed by atoms with Gasteiger partial charge in [0.2, 0.25) is 0 Å². The molecular formula is C22H15ClFNS2. The first-order chi connectivity index (χ1) is 13.2. The second kappa shape index (κ2) is 7.85. The molecule has 0 saturated heterocycles. The molecule has 0 radical (unpaired) electrons. The molecule has 0 unspecified atom stereocenters. The van der Waals surface area contributed by atoms with E-state index in [0.717, 1.165) is 32.3 Å². The van der Waals surface area contributed by atoms with Crippen LogP contribution in [0.25, 0.3) is 32.3 Å². The molecule has 3 aromatic carbocycles. The minimum Gasteiger partial charge on any atom is -0.235 e. The zero-order valence-corrected chi connectivity index (χ0v) is 16.8. The maximum atomic E-state index is 13.4. The molecule has 4 rings (SSSR count). The summed E-state index contributed by atoms with van der Waals surface area (Å²) in [6.45, 7) is 0. The van der Waals surface area contributed by atoms with Gasteiger partial charge in [-0.25, -0.2) is 9.37 Å². The largest absolute Gasteiger partial charge is 0.235 e. The Kier molecular flexibility index (Phi) is 5.30. The lowest BCUT2D eigenvalue weighted by Crippen LogP contribution is -1.84. The monoisotopic (exact) mass is 411 g/mol. The van der Waals surface area contributed by atoms with Gasteiger partial charge in [0.25, 0.3) is 0 Å². The molecule has 1 aromatic heterocycles. The molecule has 4 aromatic rings. The lowest BCUT2D eigenvalue weighted by Gasteiger charge is -2.04. The Labute approximate surface area is 170 Å². The Balaban J connectivity index is 1.89. The molecule has 0 aliphatic carbocycles. The van der Waals surface area contributed by atoms with Crippen LogP contribution in [-0.2, 0) is 0 Å². The summed E-state index contributed by atoms with van der Waals surface area (Å²) in [5.41, 5.74) is 3.71. The predicted octanol–water partition coefficient (Wildman–Crippen LogP) is 7.66. The van der Waals surface area contributed by atoms with Crippen molar-refractivity contribution in [3.8, 4) is 32.3 Å². The van der Waals surface area contributed by atoms with Gasteiger partial charge < -0.3 is 0 Å². The highest BCUT2D eigenvalue weighted by atomic mass is 35.5. The Morgan fingerprint density at radius 2 is 1.56 bits per heavy atom. The summed E-state index contributed by atoms with van der Waals surface area (Å²) in [4.78, 5) is 7.12. The Morgan fingerprint density at radius 3 is 2.22 bits per heavy atom. The first-order valence-corrected chi connectivity index (χ1v) is 10.7. The van der Waals surface area contributed by atoms with Crippen molar-refractivity contribution in [1.29, 1.82) is 0 Å². The van der Waals surface area contributed by atoms with Crippen LogP contribution < -0.4 is 0 Å². The van der Waals surface area contributed by atoms with Crippen LogP contribution in [0.2, 0.25) is 5.02 Å². The van der Waals surface area contributed by atoms with Crippen molar-refractivity contribution in [3.63, 3.8) is 0 Å². The molecule has 0 bridgehead atoms. The zero-order valence-electron chi connectivity index (χ0n) is 14.4. The fourth-order valence-corrected chi connectivity index (χ4v) is 4.63. The predicted molar refractivity (Wildman–Crippen MR) is 115 cm³/mol. The summed E-state index contributed by atoms with van der Waals surface area (Å²) in [6, 6.07) is 22.5. The number of hydrogen-bond acceptors (Lipinski definition) is 3. The maximum absolute atomic E-state index is 13.4. The van der Waals surface area contributed by atoms with Gasteiger partial charge in [-0.3, -0.25) is 0 Å². The van der Waals surface area contributed by atoms with E-state index < -0.39 is 0 Å². The fourth-order valence-electron chi connectivity index (χ4n) is 2.81. The number of nitrogens with zero attached hydrogens (tertiary/aromatic N) is 1. The lowest BCUT2D eigenvalue weighted by molar-refractivity contribution is 0.628. The minimum atomic E-state index is -0.258. The quantitative estimate of drug-likeness (QED) is 0.320. The highest BCUT2D eigenvalue weighted by molar-refractivity contribution is 7.98. The number of benzene rings is 3. The van der Waals surface area contributed by atoms with Gasteiger partial charge in [-0.1, -0.05) is 41.9 Å². The van der Waals surface area contributed by atoms with Crippen molar-refractivity contribution in [2.24, 2.45) is 0 Å². The molecule has 0 spiro atoms. The van der Waals surface area contributed by atoms with E-state index in [0.29, 0.717) is 5.02 Å². The van der Waals surface area contributed by atoms with Crippen LogP contribution in [0.1, 0.15) is 0 Å². The van der Waals surface area contributed by atoms with Gasteiger partial charge in [-0.15, -0.1) is 23.1 Å². The van der Waals surface area contributed by atoms with E-state index >= 15 is 0 Å². The maximum Gasteiger partial charge on any atom is 0.126 e. The van der Waals surface area contributed by atoms with Crippen LogP contribution in [0.4, 0.5) is 4.39 Å². The van der Waals surface area contributed by atoms with Gasteiger partial charge >= 0.3 is 0 Å². The molecule has 1 nitrogen and oxygen atoms in total. The Hall–Kier alpha value is -2.14. The normalized spacial score (nSPS) is 10.9. The standard InChI is InChI=1S/C22H15ClFNS2/c1-26-17-12-8-15(9-13-17)21-20(14-6-10-16(24)11-7-14)25-22(27-21)18-4-2-3-5-19(18)23/h2-13H,1H3. The summed E-state index contributed by atoms with van der Waals surface area (Å²) in [5, 5.41) is 1.52. The SMILES string of the molecule is CSc1ccc(-c2sc(-c3ccccc3Cl)nc2-c2ccc(F)cc2)cc1. The zero-order chi connectivity index (χ0) is 18.8. The van der Waals surface area contributed by atoms with Gasteiger partial charge in [-0.05, 0) is 54.3 Å². The number of hydrogen-bond donors (Lipinski definition) is 0. The van der Waals surface area contributed by atoms with Crippen LogP contribution in [0.3, 0.4) is 0 Å². The molecule has 134 valence electrons. The highest BCUT2D eigenvalue weighted by Gasteiger charge is 2.17. The number of aromatic nitrogens is 1. The van der Waals surface area contributed by atoms with Crippen LogP contribution in [0, 0.1) is 5.82 Å². The van der Waals surface area contributed by atoms with Crippen LogP contribution >= 0.6 is 34.7 Å². The molecule has 0 aliphatic heterocycles. The van der Waals surface area contributed by atoms with Gasteiger partial charge in [0, 0.05) is 16.0 Å². The van der Waals surface area contributed by atoms with Crippen LogP contribution in [0.5, 0.6) is 0 Å². The number of thioether (sulfide) groups is 1. The summed E-state index contributed by atoms with van der Waals surface area (Å²) in [7, 11) is 0. The van der Waals surface area contributed by atoms with Crippen molar-refractivity contribution in [2.75, 3.05) is 6.26 Å². The van der Waals surface area contributed by atoms with Gasteiger partial charge in [0.05, 0.1) is 15.6 Å². The van der Waals surface area contributed by atoms with Crippen molar-refractivity contribution in [2.45, 2.75) is 4.90 Å². The van der Waals surface area contributed by atoms with E-state index in [4.69, 9.17) is 16.6 Å². The average molecular weight is 412 g/mol. The third kappa shape index (κ3) is 3.79. The first-order valence-electron chi connectivity index (χ1n) is 8.32. The third-order valence-corrected chi connectivity index (χ3v) is 6.41. The smallest absolute Gasteiger partial charge is 0.126 e. The van der Waals surface area contributed by atoms with Crippen molar-refractivity contribution >= 4 is 34.7 Å². The van der Waals surface area contributed by atoms with Crippen LogP contribution in [0.15, 0.2) is 77.7 Å². The molecule has 0 fully saturated rings. The van der Waals surface area contributed by atoms with Gasteiger partial charge in [-0.2, -0.15) is 0 Å². The van der Waals surface area contributed by atoms with Crippen molar-refractivity contribution in [3.05, 3.63) is 83.6 Å². The van der Waals surface area contributed by atoms with Crippen LogP contribution in [-0.4, -0.2) is 11.2 Å². The topological polar surface area (TPSA) is 12.9 Å². The van der Waals surface area contributed by atoms with Gasteiger partial charge in [0.15, 0.2) is 0 Å². The van der Waals surface area contributed by atoms with Crippen molar-refractivity contribution < 1.29 is 4.39 Å². The second-order valence-electron chi connectivity index (χ2n) is 5.91. The molecule has 1 heterocycles. The Morgan fingerprint density at radius 1 is 0.889 bits per heavy atom. The van der Waals surface area contributed by atoms with E-state index in [-0.39, 0.29) is 5.82 Å². The minimum absolute atomic E-state index is 0.258. The van der Waals surface area contributed by atoms with Gasteiger partial charge in [0.1, 0.15) is 10.8 Å². The van der Waals surface area contributed by atoms with E-state index in [1.165, 1.54) is 17.0 Å². The molecule has 27 heavy (non-hydrogen) atoms. The fraction of sp³-hybridized carbons (Fsp3) is 0.0455. The first kappa shape index (κ1) is 18.2. The number of thiazole rings is 1. The van der Waals surface area contributed by atoms with E-state index in [9.17, 15) is 4.39 Å². The van der Waals surface area contributed by atoms with E-state index in [2.05, 4.69) is 30.5 Å². The van der Waals surface area contributed by atoms with Crippen molar-refractivity contribution in [1.82, 2.24) is 4.98 Å². The molecule has 0 N–H and O–H groups in total. The molecule has 0 atom stereocenters. The molecule has 0 amide bonds. The average Bonchev–Trinajstić information content (AvgIpc) is 3.14. The summed E-state index contributed by atoms with van der Waals surface area (Å²) in [5.74, 6) is -0.258.